The molecule has 5 nitrogen and oxygen atoms in total. The molecule has 5 heteroatoms. The molecule has 3 aromatic rings. The molecule has 1 aromatic heterocycles. The molecule has 0 aliphatic rings. The monoisotopic (exact) mass is 332 g/mol. The van der Waals surface area contributed by atoms with Gasteiger partial charge in [0.25, 0.3) is 5.91 Å². The van der Waals surface area contributed by atoms with Gasteiger partial charge in [0, 0.05) is 11.7 Å². The third-order valence-electron chi connectivity index (χ3n) is 3.86. The third kappa shape index (κ3) is 4.41. The fourth-order valence-electron chi connectivity index (χ4n) is 2.40. The Labute approximate surface area is 147 Å². The molecule has 0 radical (unpaired) electrons. The highest BCUT2D eigenvalue weighted by Crippen LogP contribution is 2.17. The minimum Gasteiger partial charge on any atom is -0.362 e. The minimum atomic E-state index is -0.279. The number of aromatic nitrogens is 2. The molecule has 1 amide bonds. The van der Waals surface area contributed by atoms with Gasteiger partial charge in [0.1, 0.15) is 11.5 Å². The van der Waals surface area contributed by atoms with Crippen LogP contribution in [0.25, 0.3) is 0 Å². The van der Waals surface area contributed by atoms with Gasteiger partial charge in [0.2, 0.25) is 0 Å². The van der Waals surface area contributed by atoms with Gasteiger partial charge in [-0.2, -0.15) is 0 Å². The van der Waals surface area contributed by atoms with E-state index in [2.05, 4.69) is 39.7 Å². The van der Waals surface area contributed by atoms with Gasteiger partial charge in [-0.25, -0.2) is 9.97 Å². The van der Waals surface area contributed by atoms with E-state index in [1.54, 1.807) is 6.20 Å². The molecule has 0 saturated carbocycles. The van der Waals surface area contributed by atoms with E-state index in [9.17, 15) is 4.79 Å². The number of hydrogen-bond acceptors (Lipinski definition) is 4. The summed E-state index contributed by atoms with van der Waals surface area (Å²) in [4.78, 5) is 20.7. The van der Waals surface area contributed by atoms with E-state index in [1.165, 1.54) is 6.20 Å². The van der Waals surface area contributed by atoms with Crippen LogP contribution < -0.4 is 10.6 Å². The smallest absolute Gasteiger partial charge is 0.275 e. The summed E-state index contributed by atoms with van der Waals surface area (Å²) in [7, 11) is 0. The van der Waals surface area contributed by atoms with Crippen LogP contribution >= 0.6 is 0 Å². The standard InChI is InChI=1S/C20H20N4O/c1-14-8-10-17(11-9-14)24-20(25)18-12-22-19(13-21-18)23-15(2)16-6-4-3-5-7-16/h3-13,15H,1-2H3,(H,22,23)(H,24,25). The van der Waals surface area contributed by atoms with Gasteiger partial charge in [-0.1, -0.05) is 48.0 Å². The molecular weight excluding hydrogens is 312 g/mol. The molecule has 3 rings (SSSR count). The van der Waals surface area contributed by atoms with Crippen molar-refractivity contribution in [3.63, 3.8) is 0 Å². The fourth-order valence-corrected chi connectivity index (χ4v) is 2.40. The highest BCUT2D eigenvalue weighted by Gasteiger charge is 2.10. The number of benzene rings is 2. The average Bonchev–Trinajstić information content (AvgIpc) is 2.65. The molecule has 25 heavy (non-hydrogen) atoms. The molecule has 2 aromatic carbocycles. The summed E-state index contributed by atoms with van der Waals surface area (Å²) in [6, 6.07) is 17.8. The first-order chi connectivity index (χ1) is 12.1. The van der Waals surface area contributed by atoms with Crippen LogP contribution in [0.5, 0.6) is 0 Å². The highest BCUT2D eigenvalue weighted by atomic mass is 16.1. The first-order valence-corrected chi connectivity index (χ1v) is 8.13. The number of aryl methyl sites for hydroxylation is 1. The van der Waals surface area contributed by atoms with Crippen LogP contribution in [0.1, 0.15) is 34.6 Å². The molecule has 2 N–H and O–H groups in total. The lowest BCUT2D eigenvalue weighted by molar-refractivity contribution is 0.102. The van der Waals surface area contributed by atoms with Crippen molar-refractivity contribution in [3.8, 4) is 0 Å². The van der Waals surface area contributed by atoms with Crippen LogP contribution in [0.2, 0.25) is 0 Å². The Morgan fingerprint density at radius 3 is 2.32 bits per heavy atom. The molecule has 0 bridgehead atoms. The topological polar surface area (TPSA) is 66.9 Å². The highest BCUT2D eigenvalue weighted by molar-refractivity contribution is 6.02. The van der Waals surface area contributed by atoms with Crippen molar-refractivity contribution >= 4 is 17.4 Å². The van der Waals surface area contributed by atoms with Gasteiger partial charge in [0.15, 0.2) is 0 Å². The minimum absolute atomic E-state index is 0.0998. The summed E-state index contributed by atoms with van der Waals surface area (Å²) in [5, 5.41) is 6.08. The maximum atomic E-state index is 12.2. The number of carbonyl (C=O) groups excluding carboxylic acids is 1. The van der Waals surface area contributed by atoms with E-state index in [0.717, 1.165) is 16.8 Å². The molecule has 0 aliphatic carbocycles. The number of hydrogen-bond donors (Lipinski definition) is 2. The second-order valence-electron chi connectivity index (χ2n) is 5.88. The summed E-state index contributed by atoms with van der Waals surface area (Å²) in [6.07, 6.45) is 3.05. The molecule has 0 aliphatic heterocycles. The fraction of sp³-hybridized carbons (Fsp3) is 0.150. The van der Waals surface area contributed by atoms with Crippen LogP contribution in [0.3, 0.4) is 0 Å². The first kappa shape index (κ1) is 16.6. The Bertz CT molecular complexity index is 830. The van der Waals surface area contributed by atoms with Crippen LogP contribution in [0.15, 0.2) is 67.0 Å². The SMILES string of the molecule is Cc1ccc(NC(=O)c2cnc(NC(C)c3ccccc3)cn2)cc1. The molecular formula is C20H20N4O. The molecule has 0 fully saturated rings. The van der Waals surface area contributed by atoms with Crippen LogP contribution in [0, 0.1) is 6.92 Å². The third-order valence-corrected chi connectivity index (χ3v) is 3.86. The second kappa shape index (κ2) is 7.57. The van der Waals surface area contributed by atoms with Gasteiger partial charge in [-0.3, -0.25) is 4.79 Å². The lowest BCUT2D eigenvalue weighted by atomic mass is 10.1. The van der Waals surface area contributed by atoms with Crippen LogP contribution in [0.4, 0.5) is 11.5 Å². The molecule has 1 unspecified atom stereocenters. The molecule has 1 heterocycles. The van der Waals surface area contributed by atoms with E-state index >= 15 is 0 Å². The zero-order valence-electron chi connectivity index (χ0n) is 14.2. The quantitative estimate of drug-likeness (QED) is 0.734. The first-order valence-electron chi connectivity index (χ1n) is 8.13. The summed E-state index contributed by atoms with van der Waals surface area (Å²) >= 11 is 0. The van der Waals surface area contributed by atoms with Gasteiger partial charge in [0.05, 0.1) is 12.4 Å². The van der Waals surface area contributed by atoms with Crippen molar-refractivity contribution < 1.29 is 4.79 Å². The maximum Gasteiger partial charge on any atom is 0.275 e. The molecule has 1 atom stereocenters. The zero-order valence-corrected chi connectivity index (χ0v) is 14.2. The van der Waals surface area contributed by atoms with Crippen molar-refractivity contribution in [1.82, 2.24) is 9.97 Å². The molecule has 0 spiro atoms. The number of carbonyl (C=O) groups is 1. The normalized spacial score (nSPS) is 11.6. The van der Waals surface area contributed by atoms with Crippen molar-refractivity contribution in [2.75, 3.05) is 10.6 Å². The van der Waals surface area contributed by atoms with Gasteiger partial charge >= 0.3 is 0 Å². The van der Waals surface area contributed by atoms with Gasteiger partial charge in [-0.15, -0.1) is 0 Å². The second-order valence-corrected chi connectivity index (χ2v) is 5.88. The number of amides is 1. The Morgan fingerprint density at radius 1 is 0.960 bits per heavy atom. The van der Waals surface area contributed by atoms with Crippen molar-refractivity contribution in [1.29, 1.82) is 0 Å². The van der Waals surface area contributed by atoms with E-state index in [0.29, 0.717) is 5.82 Å². The number of anilines is 2. The Kier molecular flexibility index (Phi) is 5.04. The Hall–Kier alpha value is -3.21. The predicted octanol–water partition coefficient (Wildman–Crippen LogP) is 4.21. The summed E-state index contributed by atoms with van der Waals surface area (Å²) in [6.45, 7) is 4.05. The molecule has 126 valence electrons. The number of nitrogens with one attached hydrogen (secondary N) is 2. The zero-order chi connectivity index (χ0) is 17.6. The van der Waals surface area contributed by atoms with E-state index < -0.39 is 0 Å². The van der Waals surface area contributed by atoms with Crippen LogP contribution in [-0.4, -0.2) is 15.9 Å². The lowest BCUT2D eigenvalue weighted by Gasteiger charge is -2.14. The average molecular weight is 332 g/mol. The van der Waals surface area contributed by atoms with Gasteiger partial charge < -0.3 is 10.6 Å². The van der Waals surface area contributed by atoms with Crippen LogP contribution in [-0.2, 0) is 0 Å². The van der Waals surface area contributed by atoms with E-state index in [4.69, 9.17) is 0 Å². The number of rotatable bonds is 5. The Balaban J connectivity index is 1.63. The van der Waals surface area contributed by atoms with Crippen molar-refractivity contribution in [2.24, 2.45) is 0 Å². The molecule has 0 saturated heterocycles. The maximum absolute atomic E-state index is 12.2. The van der Waals surface area contributed by atoms with Gasteiger partial charge in [-0.05, 0) is 31.5 Å². The Morgan fingerprint density at radius 2 is 1.68 bits per heavy atom. The van der Waals surface area contributed by atoms with E-state index in [-0.39, 0.29) is 17.6 Å². The van der Waals surface area contributed by atoms with Crippen molar-refractivity contribution in [3.05, 3.63) is 83.8 Å². The number of nitrogens with zero attached hydrogens (tertiary/aromatic N) is 2. The van der Waals surface area contributed by atoms with Crippen molar-refractivity contribution in [2.45, 2.75) is 19.9 Å². The van der Waals surface area contributed by atoms with E-state index in [1.807, 2.05) is 49.4 Å². The summed E-state index contributed by atoms with van der Waals surface area (Å²) in [5.41, 5.74) is 3.31. The summed E-state index contributed by atoms with van der Waals surface area (Å²) < 4.78 is 0. The summed E-state index contributed by atoms with van der Waals surface area (Å²) in [5.74, 6) is 0.349. The lowest BCUT2D eigenvalue weighted by Crippen LogP contribution is -2.15. The predicted molar refractivity (Wildman–Crippen MR) is 99.6 cm³/mol. The largest absolute Gasteiger partial charge is 0.362 e.